The van der Waals surface area contributed by atoms with E-state index in [0.717, 1.165) is 5.52 Å². The third-order valence-corrected chi connectivity index (χ3v) is 1.80. The zero-order chi connectivity index (χ0) is 9.97. The predicted molar refractivity (Wildman–Crippen MR) is 54.5 cm³/mol. The Morgan fingerprint density at radius 1 is 1.36 bits per heavy atom. The topological polar surface area (TPSA) is 80.5 Å². The summed E-state index contributed by atoms with van der Waals surface area (Å²) in [6, 6.07) is 0. The van der Waals surface area contributed by atoms with Crippen LogP contribution < -0.4 is 5.73 Å². The second kappa shape index (κ2) is 3.45. The Hall–Kier alpha value is -1.91. The first-order valence-electron chi connectivity index (χ1n) is 4.34. The van der Waals surface area contributed by atoms with E-state index in [9.17, 15) is 0 Å². The lowest BCUT2D eigenvalue weighted by molar-refractivity contribution is 1.22. The van der Waals surface area contributed by atoms with Crippen molar-refractivity contribution in [3.8, 4) is 0 Å². The van der Waals surface area contributed by atoms with Crippen molar-refractivity contribution in [2.24, 2.45) is 0 Å². The minimum absolute atomic E-state index is 0.261. The molecule has 0 spiro atoms. The maximum absolute atomic E-state index is 5.31. The molecule has 0 radical (unpaired) electrons. The number of H-pyrrole nitrogens is 1. The number of anilines is 1. The zero-order valence-electron chi connectivity index (χ0n) is 7.70. The summed E-state index contributed by atoms with van der Waals surface area (Å²) in [7, 11) is 0. The van der Waals surface area contributed by atoms with E-state index < -0.39 is 0 Å². The Balaban J connectivity index is 0.000000157. The molecule has 2 aromatic rings. The van der Waals surface area contributed by atoms with Gasteiger partial charge in [-0.15, -0.1) is 0 Å². The fourth-order valence-electron chi connectivity index (χ4n) is 0.841. The van der Waals surface area contributed by atoms with Crippen LogP contribution in [0, 0.1) is 0 Å². The number of rotatable bonds is 0. The molecule has 0 bridgehead atoms. The van der Waals surface area contributed by atoms with Crippen molar-refractivity contribution in [1.82, 2.24) is 19.9 Å². The van der Waals surface area contributed by atoms with Crippen LogP contribution in [0.1, 0.15) is 12.8 Å². The molecule has 0 atom stereocenters. The monoisotopic (exact) mass is 189 g/mol. The molecule has 0 amide bonds. The first-order chi connectivity index (χ1) is 6.75. The third kappa shape index (κ3) is 2.07. The van der Waals surface area contributed by atoms with Gasteiger partial charge < -0.3 is 10.7 Å². The van der Waals surface area contributed by atoms with Crippen LogP contribution in [-0.4, -0.2) is 19.9 Å². The highest BCUT2D eigenvalue weighted by Crippen LogP contribution is 2.23. The van der Waals surface area contributed by atoms with Gasteiger partial charge in [-0.3, -0.25) is 0 Å². The second-order valence-electron chi connectivity index (χ2n) is 3.11. The molecule has 1 fully saturated rings. The summed E-state index contributed by atoms with van der Waals surface area (Å²) in [5.41, 5.74) is 8.13. The SMILES string of the molecule is C=C1CC1.Nc1ncc2nc[nH]c2n1. The zero-order valence-corrected chi connectivity index (χ0v) is 7.70. The van der Waals surface area contributed by atoms with Gasteiger partial charge in [-0.25, -0.2) is 9.97 Å². The highest BCUT2D eigenvalue weighted by molar-refractivity contribution is 5.69. The summed E-state index contributed by atoms with van der Waals surface area (Å²) < 4.78 is 0. The van der Waals surface area contributed by atoms with Gasteiger partial charge in [0.25, 0.3) is 0 Å². The van der Waals surface area contributed by atoms with Gasteiger partial charge in [-0.1, -0.05) is 12.2 Å². The first-order valence-corrected chi connectivity index (χ1v) is 4.34. The summed E-state index contributed by atoms with van der Waals surface area (Å²) in [4.78, 5) is 14.4. The van der Waals surface area contributed by atoms with Crippen molar-refractivity contribution in [3.63, 3.8) is 0 Å². The largest absolute Gasteiger partial charge is 0.368 e. The van der Waals surface area contributed by atoms with Crippen molar-refractivity contribution in [3.05, 3.63) is 24.7 Å². The van der Waals surface area contributed by atoms with Crippen LogP contribution in [0.2, 0.25) is 0 Å². The lowest BCUT2D eigenvalue weighted by Crippen LogP contribution is -1.93. The molecule has 0 aromatic carbocycles. The lowest BCUT2D eigenvalue weighted by atomic mass is 10.6. The van der Waals surface area contributed by atoms with Gasteiger partial charge in [0.15, 0.2) is 5.65 Å². The Morgan fingerprint density at radius 2 is 2.07 bits per heavy atom. The maximum Gasteiger partial charge on any atom is 0.222 e. The molecular weight excluding hydrogens is 178 g/mol. The Kier molecular flexibility index (Phi) is 2.14. The van der Waals surface area contributed by atoms with Crippen molar-refractivity contribution >= 4 is 17.1 Å². The Bertz CT molecular complexity index is 453. The highest BCUT2D eigenvalue weighted by atomic mass is 15.1. The second-order valence-corrected chi connectivity index (χ2v) is 3.11. The number of nitrogen functional groups attached to an aromatic ring is 1. The number of nitrogens with zero attached hydrogens (tertiary/aromatic N) is 3. The van der Waals surface area contributed by atoms with Crippen LogP contribution in [0.5, 0.6) is 0 Å². The molecule has 5 heteroatoms. The molecule has 5 nitrogen and oxygen atoms in total. The van der Waals surface area contributed by atoms with E-state index in [-0.39, 0.29) is 5.95 Å². The standard InChI is InChI=1S/C5H5N5.C4H6/c6-5-7-1-3-4(10-5)9-2-8-3;1-4-2-3-4/h1-2H,(H3,6,7,8,9,10);1-3H2. The minimum atomic E-state index is 0.261. The Labute approximate surface area is 81.1 Å². The number of fused-ring (bicyclic) bond motifs is 1. The van der Waals surface area contributed by atoms with E-state index in [4.69, 9.17) is 5.73 Å². The van der Waals surface area contributed by atoms with E-state index in [0.29, 0.717) is 5.65 Å². The van der Waals surface area contributed by atoms with Gasteiger partial charge in [0.05, 0.1) is 12.5 Å². The fourth-order valence-corrected chi connectivity index (χ4v) is 0.841. The summed E-state index contributed by atoms with van der Waals surface area (Å²) in [6.45, 7) is 3.67. The van der Waals surface area contributed by atoms with E-state index >= 15 is 0 Å². The summed E-state index contributed by atoms with van der Waals surface area (Å²) in [6.07, 6.45) is 5.72. The van der Waals surface area contributed by atoms with Crippen molar-refractivity contribution in [2.75, 3.05) is 5.73 Å². The van der Waals surface area contributed by atoms with Crippen molar-refractivity contribution in [2.45, 2.75) is 12.8 Å². The number of imidazole rings is 1. The lowest BCUT2D eigenvalue weighted by Gasteiger charge is -1.87. The van der Waals surface area contributed by atoms with E-state index in [2.05, 4.69) is 26.5 Å². The smallest absolute Gasteiger partial charge is 0.222 e. The molecule has 14 heavy (non-hydrogen) atoms. The fraction of sp³-hybridized carbons (Fsp3) is 0.222. The number of hydrogen-bond acceptors (Lipinski definition) is 4. The van der Waals surface area contributed by atoms with Crippen LogP contribution in [0.25, 0.3) is 11.2 Å². The number of hydrogen-bond donors (Lipinski definition) is 2. The molecule has 1 aliphatic rings. The number of allylic oxidation sites excluding steroid dienone is 1. The van der Waals surface area contributed by atoms with Crippen molar-refractivity contribution < 1.29 is 0 Å². The average Bonchev–Trinajstić information content (AvgIpc) is 2.82. The number of aromatic nitrogens is 4. The van der Waals surface area contributed by atoms with Crippen LogP contribution in [0.4, 0.5) is 5.95 Å². The van der Waals surface area contributed by atoms with Crippen LogP contribution in [-0.2, 0) is 0 Å². The molecular formula is C9H11N5. The quantitative estimate of drug-likeness (QED) is 0.611. The highest BCUT2D eigenvalue weighted by Gasteiger charge is 2.04. The molecule has 3 rings (SSSR count). The van der Waals surface area contributed by atoms with Gasteiger partial charge in [-0.2, -0.15) is 4.98 Å². The molecule has 3 N–H and O–H groups in total. The van der Waals surface area contributed by atoms with Crippen LogP contribution in [0.15, 0.2) is 24.7 Å². The molecule has 72 valence electrons. The third-order valence-electron chi connectivity index (χ3n) is 1.80. The van der Waals surface area contributed by atoms with Gasteiger partial charge in [0.2, 0.25) is 5.95 Å². The van der Waals surface area contributed by atoms with E-state index in [1.54, 1.807) is 12.5 Å². The summed E-state index contributed by atoms with van der Waals surface area (Å²) in [5.74, 6) is 0.261. The molecule has 0 saturated heterocycles. The molecule has 0 aliphatic heterocycles. The van der Waals surface area contributed by atoms with Gasteiger partial charge in [0, 0.05) is 0 Å². The van der Waals surface area contributed by atoms with Gasteiger partial charge >= 0.3 is 0 Å². The van der Waals surface area contributed by atoms with Crippen LogP contribution >= 0.6 is 0 Å². The van der Waals surface area contributed by atoms with Gasteiger partial charge in [-0.05, 0) is 12.8 Å². The normalized spacial score (nSPS) is 13.6. The first kappa shape index (κ1) is 8.68. The Morgan fingerprint density at radius 3 is 2.71 bits per heavy atom. The molecule has 1 saturated carbocycles. The van der Waals surface area contributed by atoms with Gasteiger partial charge in [0.1, 0.15) is 5.52 Å². The summed E-state index contributed by atoms with van der Waals surface area (Å²) >= 11 is 0. The molecule has 2 heterocycles. The van der Waals surface area contributed by atoms with Crippen LogP contribution in [0.3, 0.4) is 0 Å². The molecule has 1 aliphatic carbocycles. The maximum atomic E-state index is 5.31. The van der Waals surface area contributed by atoms with E-state index in [1.165, 1.54) is 18.4 Å². The number of nitrogens with one attached hydrogen (secondary N) is 1. The minimum Gasteiger partial charge on any atom is -0.368 e. The number of nitrogens with two attached hydrogens (primary N) is 1. The van der Waals surface area contributed by atoms with E-state index in [1.807, 2.05) is 0 Å². The summed E-state index contributed by atoms with van der Waals surface area (Å²) in [5, 5.41) is 0. The van der Waals surface area contributed by atoms with Crippen molar-refractivity contribution in [1.29, 1.82) is 0 Å². The number of aromatic amines is 1. The predicted octanol–water partition coefficient (Wildman–Crippen LogP) is 1.27. The average molecular weight is 189 g/mol. The molecule has 0 unspecified atom stereocenters. The molecule has 2 aromatic heterocycles.